The molecule has 0 aliphatic heterocycles. The van der Waals surface area contributed by atoms with Gasteiger partial charge in [0.05, 0.1) is 16.1 Å². The van der Waals surface area contributed by atoms with Gasteiger partial charge in [-0.25, -0.2) is 8.42 Å². The van der Waals surface area contributed by atoms with Crippen molar-refractivity contribution in [2.75, 3.05) is 11.4 Å². The van der Waals surface area contributed by atoms with Gasteiger partial charge in [-0.15, -0.1) is 0 Å². The Balaban J connectivity index is 1.96. The minimum absolute atomic E-state index is 0.194. The minimum atomic E-state index is -3.71. The first-order chi connectivity index (χ1) is 11.0. The minimum Gasteiger partial charge on any atom is -0.349 e. The number of sulfonamides is 1. The second-order valence-corrected chi connectivity index (χ2v) is 7.52. The van der Waals surface area contributed by atoms with Crippen LogP contribution in [0.4, 0.5) is 5.69 Å². The fourth-order valence-electron chi connectivity index (χ4n) is 2.31. The van der Waals surface area contributed by atoms with Crippen molar-refractivity contribution >= 4 is 21.6 Å². The summed E-state index contributed by atoms with van der Waals surface area (Å²) in [6.07, 6.45) is 1.96. The van der Waals surface area contributed by atoms with Crippen LogP contribution in [0.3, 0.4) is 0 Å². The zero-order valence-corrected chi connectivity index (χ0v) is 13.6. The molecule has 1 amide bonds. The highest BCUT2D eigenvalue weighted by molar-refractivity contribution is 7.92. The first-order valence-corrected chi connectivity index (χ1v) is 8.88. The average molecular weight is 330 g/mol. The first-order valence-electron chi connectivity index (χ1n) is 7.44. The van der Waals surface area contributed by atoms with Gasteiger partial charge in [0.15, 0.2) is 0 Å². The maximum Gasteiger partial charge on any atom is 0.264 e. The number of nitrogens with zero attached hydrogens (tertiary/aromatic N) is 1. The Bertz CT molecular complexity index is 815. The van der Waals surface area contributed by atoms with Crippen LogP contribution >= 0.6 is 0 Å². The highest BCUT2D eigenvalue weighted by Crippen LogP contribution is 2.27. The Hall–Kier alpha value is -2.34. The van der Waals surface area contributed by atoms with Gasteiger partial charge >= 0.3 is 0 Å². The topological polar surface area (TPSA) is 66.5 Å². The molecule has 1 aliphatic carbocycles. The lowest BCUT2D eigenvalue weighted by molar-refractivity contribution is 0.0952. The summed E-state index contributed by atoms with van der Waals surface area (Å²) in [6, 6.07) is 15.1. The molecule has 0 heterocycles. The van der Waals surface area contributed by atoms with Crippen LogP contribution < -0.4 is 9.62 Å². The Morgan fingerprint density at radius 2 is 1.65 bits per heavy atom. The van der Waals surface area contributed by atoms with Crippen LogP contribution in [0.1, 0.15) is 23.2 Å². The molecule has 120 valence electrons. The number of anilines is 1. The van der Waals surface area contributed by atoms with Crippen LogP contribution in [0.2, 0.25) is 0 Å². The molecule has 5 nitrogen and oxygen atoms in total. The number of carbonyl (C=O) groups is 1. The highest BCUT2D eigenvalue weighted by Gasteiger charge is 2.28. The van der Waals surface area contributed by atoms with E-state index in [9.17, 15) is 13.2 Å². The van der Waals surface area contributed by atoms with Crippen LogP contribution in [0.5, 0.6) is 0 Å². The number of hydrogen-bond acceptors (Lipinski definition) is 3. The van der Waals surface area contributed by atoms with Crippen molar-refractivity contribution in [1.82, 2.24) is 5.32 Å². The Labute approximate surface area is 136 Å². The third kappa shape index (κ3) is 3.22. The van der Waals surface area contributed by atoms with Crippen molar-refractivity contribution in [3.05, 3.63) is 60.2 Å². The number of para-hydroxylation sites is 1. The summed E-state index contributed by atoms with van der Waals surface area (Å²) in [5.41, 5.74) is 0.732. The van der Waals surface area contributed by atoms with Gasteiger partial charge in [0.25, 0.3) is 15.9 Å². The second-order valence-electron chi connectivity index (χ2n) is 5.55. The number of amides is 1. The molecule has 23 heavy (non-hydrogen) atoms. The SMILES string of the molecule is CN(c1ccccc1C(=O)NC1CC1)S(=O)(=O)c1ccccc1. The van der Waals surface area contributed by atoms with E-state index in [0.717, 1.165) is 17.1 Å². The van der Waals surface area contributed by atoms with Crippen LogP contribution in [-0.4, -0.2) is 27.4 Å². The Morgan fingerprint density at radius 3 is 2.30 bits per heavy atom. The largest absolute Gasteiger partial charge is 0.349 e. The summed E-state index contributed by atoms with van der Waals surface area (Å²) >= 11 is 0. The van der Waals surface area contributed by atoms with E-state index in [1.54, 1.807) is 54.6 Å². The van der Waals surface area contributed by atoms with Crippen molar-refractivity contribution < 1.29 is 13.2 Å². The van der Waals surface area contributed by atoms with Gasteiger partial charge in [-0.2, -0.15) is 0 Å². The summed E-state index contributed by atoms with van der Waals surface area (Å²) in [4.78, 5) is 12.5. The van der Waals surface area contributed by atoms with E-state index < -0.39 is 10.0 Å². The number of carbonyl (C=O) groups excluding carboxylic acids is 1. The maximum atomic E-state index is 12.7. The predicted molar refractivity (Wildman–Crippen MR) is 89.0 cm³/mol. The summed E-state index contributed by atoms with van der Waals surface area (Å²) in [5, 5.41) is 2.90. The number of benzene rings is 2. The number of hydrogen-bond donors (Lipinski definition) is 1. The third-order valence-corrected chi connectivity index (χ3v) is 5.59. The molecular formula is C17H18N2O3S. The molecule has 0 atom stereocenters. The van der Waals surface area contributed by atoms with E-state index in [1.807, 2.05) is 0 Å². The summed E-state index contributed by atoms with van der Waals surface area (Å²) in [6.45, 7) is 0. The molecule has 3 rings (SSSR count). The van der Waals surface area contributed by atoms with E-state index in [2.05, 4.69) is 5.32 Å². The first kappa shape index (κ1) is 15.6. The summed E-state index contributed by atoms with van der Waals surface area (Å²) in [5.74, 6) is -0.238. The fourth-order valence-corrected chi connectivity index (χ4v) is 3.55. The van der Waals surface area contributed by atoms with Crippen molar-refractivity contribution in [3.8, 4) is 0 Å². The van der Waals surface area contributed by atoms with Crippen LogP contribution in [0.15, 0.2) is 59.5 Å². The zero-order valence-electron chi connectivity index (χ0n) is 12.8. The van der Waals surface area contributed by atoms with E-state index >= 15 is 0 Å². The van der Waals surface area contributed by atoms with Gasteiger partial charge in [0.2, 0.25) is 0 Å². The summed E-state index contributed by atoms with van der Waals surface area (Å²) < 4.78 is 26.6. The molecule has 2 aromatic carbocycles. The standard InChI is InChI=1S/C17H18N2O3S/c1-19(23(21,22)14-7-3-2-4-8-14)16-10-6-5-9-15(16)17(20)18-13-11-12-13/h2-10,13H,11-12H2,1H3,(H,18,20). The van der Waals surface area contributed by atoms with Crippen molar-refractivity contribution in [2.24, 2.45) is 0 Å². The lowest BCUT2D eigenvalue weighted by Crippen LogP contribution is -2.31. The van der Waals surface area contributed by atoms with Crippen LogP contribution in [-0.2, 0) is 10.0 Å². The third-order valence-electron chi connectivity index (χ3n) is 3.80. The quantitative estimate of drug-likeness (QED) is 0.915. The van der Waals surface area contributed by atoms with Crippen molar-refractivity contribution in [1.29, 1.82) is 0 Å². The number of rotatable bonds is 5. The monoisotopic (exact) mass is 330 g/mol. The lowest BCUT2D eigenvalue weighted by Gasteiger charge is -2.22. The van der Waals surface area contributed by atoms with E-state index in [4.69, 9.17) is 0 Å². The Morgan fingerprint density at radius 1 is 1.04 bits per heavy atom. The fraction of sp³-hybridized carbons (Fsp3) is 0.235. The molecule has 1 fully saturated rings. The van der Waals surface area contributed by atoms with Crippen LogP contribution in [0.25, 0.3) is 0 Å². The normalized spacial score (nSPS) is 14.3. The Kier molecular flexibility index (Phi) is 4.09. The molecule has 2 aromatic rings. The smallest absolute Gasteiger partial charge is 0.264 e. The molecule has 0 saturated heterocycles. The van der Waals surface area contributed by atoms with E-state index in [-0.39, 0.29) is 16.8 Å². The molecule has 0 aromatic heterocycles. The van der Waals surface area contributed by atoms with E-state index in [1.165, 1.54) is 7.05 Å². The average Bonchev–Trinajstić information content (AvgIpc) is 3.39. The molecule has 0 spiro atoms. The highest BCUT2D eigenvalue weighted by atomic mass is 32.2. The van der Waals surface area contributed by atoms with Gasteiger partial charge in [-0.05, 0) is 37.1 Å². The van der Waals surface area contributed by atoms with Gasteiger partial charge in [0, 0.05) is 13.1 Å². The zero-order chi connectivity index (χ0) is 16.4. The van der Waals surface area contributed by atoms with Gasteiger partial charge in [-0.1, -0.05) is 30.3 Å². The van der Waals surface area contributed by atoms with Gasteiger partial charge < -0.3 is 5.32 Å². The molecule has 1 aliphatic rings. The molecule has 0 radical (unpaired) electrons. The lowest BCUT2D eigenvalue weighted by atomic mass is 10.1. The second kappa shape index (κ2) is 6.04. The predicted octanol–water partition coefficient (Wildman–Crippen LogP) is 2.40. The molecule has 1 saturated carbocycles. The van der Waals surface area contributed by atoms with Crippen molar-refractivity contribution in [3.63, 3.8) is 0 Å². The molecule has 6 heteroatoms. The molecular weight excluding hydrogens is 312 g/mol. The molecule has 0 unspecified atom stereocenters. The van der Waals surface area contributed by atoms with Crippen molar-refractivity contribution in [2.45, 2.75) is 23.8 Å². The van der Waals surface area contributed by atoms with Gasteiger partial charge in [0.1, 0.15) is 0 Å². The number of nitrogens with one attached hydrogen (secondary N) is 1. The molecule has 1 N–H and O–H groups in total. The maximum absolute atomic E-state index is 12.7. The van der Waals surface area contributed by atoms with E-state index in [0.29, 0.717) is 11.3 Å². The van der Waals surface area contributed by atoms with Crippen LogP contribution in [0, 0.1) is 0 Å². The summed E-state index contributed by atoms with van der Waals surface area (Å²) in [7, 11) is -2.24. The van der Waals surface area contributed by atoms with Gasteiger partial charge in [-0.3, -0.25) is 9.10 Å². The molecule has 0 bridgehead atoms.